The van der Waals surface area contributed by atoms with E-state index in [-0.39, 0.29) is 18.2 Å². The van der Waals surface area contributed by atoms with E-state index in [0.29, 0.717) is 16.9 Å². The number of benzene rings is 2. The molecular weight excluding hydrogens is 273 g/mol. The lowest BCUT2D eigenvalue weighted by molar-refractivity contribution is 0.0951. The van der Waals surface area contributed by atoms with Gasteiger partial charge in [0, 0.05) is 12.1 Å². The summed E-state index contributed by atoms with van der Waals surface area (Å²) in [7, 11) is 2.97. The summed E-state index contributed by atoms with van der Waals surface area (Å²) in [5.41, 5.74) is 1.18. The smallest absolute Gasteiger partial charge is 0.251 e. The van der Waals surface area contributed by atoms with Crippen LogP contribution in [0, 0.1) is 5.82 Å². The molecule has 0 fully saturated rings. The molecule has 0 aliphatic rings. The SMILES string of the molecule is COc1ccc(C(=O)NCc2ccc(OC)c(F)c2)cc1. The molecule has 0 heterocycles. The molecule has 21 heavy (non-hydrogen) atoms. The maximum Gasteiger partial charge on any atom is 0.251 e. The van der Waals surface area contributed by atoms with Crippen molar-refractivity contribution in [2.75, 3.05) is 14.2 Å². The van der Waals surface area contributed by atoms with Gasteiger partial charge >= 0.3 is 0 Å². The van der Waals surface area contributed by atoms with Gasteiger partial charge in [0.25, 0.3) is 5.91 Å². The molecule has 0 aromatic heterocycles. The summed E-state index contributed by atoms with van der Waals surface area (Å²) in [6.07, 6.45) is 0. The number of methoxy groups -OCH3 is 2. The third kappa shape index (κ3) is 3.72. The minimum Gasteiger partial charge on any atom is -0.497 e. The van der Waals surface area contributed by atoms with Gasteiger partial charge in [-0.05, 0) is 42.0 Å². The van der Waals surface area contributed by atoms with Crippen molar-refractivity contribution in [2.45, 2.75) is 6.54 Å². The van der Waals surface area contributed by atoms with E-state index in [9.17, 15) is 9.18 Å². The molecule has 1 N–H and O–H groups in total. The van der Waals surface area contributed by atoms with Gasteiger partial charge in [-0.25, -0.2) is 4.39 Å². The Kier molecular flexibility index (Phi) is 4.77. The Hall–Kier alpha value is -2.56. The van der Waals surface area contributed by atoms with Crippen molar-refractivity contribution in [1.82, 2.24) is 5.32 Å². The van der Waals surface area contributed by atoms with Crippen molar-refractivity contribution in [3.63, 3.8) is 0 Å². The quantitative estimate of drug-likeness (QED) is 0.920. The van der Waals surface area contributed by atoms with Gasteiger partial charge in [-0.3, -0.25) is 4.79 Å². The fraction of sp³-hybridized carbons (Fsp3) is 0.188. The van der Waals surface area contributed by atoms with E-state index in [1.54, 1.807) is 37.4 Å². The first-order valence-corrected chi connectivity index (χ1v) is 6.38. The number of carbonyl (C=O) groups excluding carboxylic acids is 1. The average molecular weight is 289 g/mol. The van der Waals surface area contributed by atoms with E-state index in [0.717, 1.165) is 0 Å². The highest BCUT2D eigenvalue weighted by Gasteiger charge is 2.07. The molecule has 4 nitrogen and oxygen atoms in total. The predicted molar refractivity (Wildman–Crippen MR) is 77.1 cm³/mol. The first kappa shape index (κ1) is 14.8. The standard InChI is InChI=1S/C16H16FNO3/c1-20-13-6-4-12(5-7-13)16(19)18-10-11-3-8-15(21-2)14(17)9-11/h3-9H,10H2,1-2H3,(H,18,19). The number of halogens is 1. The maximum absolute atomic E-state index is 13.5. The normalized spacial score (nSPS) is 10.0. The van der Waals surface area contributed by atoms with Crippen molar-refractivity contribution in [3.05, 3.63) is 59.4 Å². The maximum atomic E-state index is 13.5. The molecular formula is C16H16FNO3. The topological polar surface area (TPSA) is 47.6 Å². The highest BCUT2D eigenvalue weighted by molar-refractivity contribution is 5.94. The summed E-state index contributed by atoms with van der Waals surface area (Å²) in [5.74, 6) is 0.187. The molecule has 2 aromatic rings. The summed E-state index contributed by atoms with van der Waals surface area (Å²) in [6.45, 7) is 0.242. The molecule has 0 saturated heterocycles. The molecule has 0 aliphatic heterocycles. The molecule has 0 bridgehead atoms. The second kappa shape index (κ2) is 6.74. The van der Waals surface area contributed by atoms with Gasteiger partial charge in [0.05, 0.1) is 14.2 Å². The van der Waals surface area contributed by atoms with Crippen molar-refractivity contribution in [2.24, 2.45) is 0 Å². The molecule has 0 spiro atoms. The summed E-state index contributed by atoms with van der Waals surface area (Å²) < 4.78 is 23.4. The lowest BCUT2D eigenvalue weighted by Crippen LogP contribution is -2.22. The third-order valence-corrected chi connectivity index (χ3v) is 3.02. The Labute approximate surface area is 122 Å². The van der Waals surface area contributed by atoms with Crippen molar-refractivity contribution in [3.8, 4) is 11.5 Å². The average Bonchev–Trinajstić information content (AvgIpc) is 2.52. The Morgan fingerprint density at radius 3 is 2.38 bits per heavy atom. The molecule has 0 atom stereocenters. The van der Waals surface area contributed by atoms with Crippen LogP contribution in [0.1, 0.15) is 15.9 Å². The Morgan fingerprint density at radius 2 is 1.81 bits per heavy atom. The van der Waals surface area contributed by atoms with E-state index in [1.807, 2.05) is 0 Å². The van der Waals surface area contributed by atoms with Crippen LogP contribution in [0.4, 0.5) is 4.39 Å². The van der Waals surface area contributed by atoms with Gasteiger partial charge in [-0.1, -0.05) is 6.07 Å². The fourth-order valence-electron chi connectivity index (χ4n) is 1.85. The minimum absolute atomic E-state index is 0.181. The summed E-state index contributed by atoms with van der Waals surface area (Å²) in [4.78, 5) is 12.0. The molecule has 1 amide bonds. The van der Waals surface area contributed by atoms with Crippen LogP contribution in [0.25, 0.3) is 0 Å². The highest BCUT2D eigenvalue weighted by atomic mass is 19.1. The van der Waals surface area contributed by atoms with Crippen LogP contribution in [0.3, 0.4) is 0 Å². The number of rotatable bonds is 5. The lowest BCUT2D eigenvalue weighted by atomic mass is 10.1. The lowest BCUT2D eigenvalue weighted by Gasteiger charge is -2.08. The molecule has 0 saturated carbocycles. The van der Waals surface area contributed by atoms with Crippen LogP contribution >= 0.6 is 0 Å². The van der Waals surface area contributed by atoms with Crippen LogP contribution in [0.2, 0.25) is 0 Å². The Morgan fingerprint density at radius 1 is 1.10 bits per heavy atom. The van der Waals surface area contributed by atoms with E-state index in [1.165, 1.54) is 19.2 Å². The molecule has 2 aromatic carbocycles. The zero-order valence-electron chi connectivity index (χ0n) is 11.9. The first-order valence-electron chi connectivity index (χ1n) is 6.38. The van der Waals surface area contributed by atoms with Crippen LogP contribution in [0.15, 0.2) is 42.5 Å². The van der Waals surface area contributed by atoms with Gasteiger partial charge in [0.1, 0.15) is 5.75 Å². The van der Waals surface area contributed by atoms with Crippen LogP contribution in [-0.2, 0) is 6.54 Å². The minimum atomic E-state index is -0.450. The molecule has 0 unspecified atom stereocenters. The Balaban J connectivity index is 1.98. The van der Waals surface area contributed by atoms with Crippen molar-refractivity contribution < 1.29 is 18.7 Å². The number of carbonyl (C=O) groups is 1. The van der Waals surface area contributed by atoms with E-state index < -0.39 is 5.82 Å². The molecule has 0 aliphatic carbocycles. The number of hydrogen-bond acceptors (Lipinski definition) is 3. The zero-order chi connectivity index (χ0) is 15.2. The Bertz CT molecular complexity index is 626. The second-order valence-electron chi connectivity index (χ2n) is 4.38. The van der Waals surface area contributed by atoms with Gasteiger partial charge in [-0.15, -0.1) is 0 Å². The van der Waals surface area contributed by atoms with E-state index >= 15 is 0 Å². The number of nitrogens with one attached hydrogen (secondary N) is 1. The molecule has 5 heteroatoms. The zero-order valence-corrected chi connectivity index (χ0v) is 11.9. The van der Waals surface area contributed by atoms with Crippen LogP contribution in [0.5, 0.6) is 11.5 Å². The predicted octanol–water partition coefficient (Wildman–Crippen LogP) is 2.77. The van der Waals surface area contributed by atoms with Gasteiger partial charge in [0.2, 0.25) is 0 Å². The number of amides is 1. The molecule has 0 radical (unpaired) electrons. The summed E-state index contributed by atoms with van der Waals surface area (Å²) in [6, 6.07) is 11.3. The second-order valence-corrected chi connectivity index (χ2v) is 4.38. The van der Waals surface area contributed by atoms with E-state index in [4.69, 9.17) is 9.47 Å². The largest absolute Gasteiger partial charge is 0.497 e. The number of hydrogen-bond donors (Lipinski definition) is 1. The fourth-order valence-corrected chi connectivity index (χ4v) is 1.85. The summed E-state index contributed by atoms with van der Waals surface area (Å²) in [5, 5.41) is 2.73. The first-order chi connectivity index (χ1) is 10.1. The van der Waals surface area contributed by atoms with Crippen molar-refractivity contribution in [1.29, 1.82) is 0 Å². The van der Waals surface area contributed by atoms with E-state index in [2.05, 4.69) is 5.32 Å². The highest BCUT2D eigenvalue weighted by Crippen LogP contribution is 2.17. The van der Waals surface area contributed by atoms with Gasteiger partial charge in [-0.2, -0.15) is 0 Å². The van der Waals surface area contributed by atoms with Gasteiger partial charge in [0.15, 0.2) is 11.6 Å². The molecule has 2 rings (SSSR count). The summed E-state index contributed by atoms with van der Waals surface area (Å²) >= 11 is 0. The number of ether oxygens (including phenoxy) is 2. The monoisotopic (exact) mass is 289 g/mol. The van der Waals surface area contributed by atoms with Crippen LogP contribution < -0.4 is 14.8 Å². The molecule has 110 valence electrons. The van der Waals surface area contributed by atoms with Crippen LogP contribution in [-0.4, -0.2) is 20.1 Å². The van der Waals surface area contributed by atoms with Gasteiger partial charge < -0.3 is 14.8 Å². The van der Waals surface area contributed by atoms with Crippen molar-refractivity contribution >= 4 is 5.91 Å². The third-order valence-electron chi connectivity index (χ3n) is 3.02.